The molecule has 1 aromatic rings. The van der Waals surface area contributed by atoms with Gasteiger partial charge in [0, 0.05) is 37.0 Å². The fourth-order valence-corrected chi connectivity index (χ4v) is 4.08. The number of hydrogen-bond acceptors (Lipinski definition) is 5. The highest BCUT2D eigenvalue weighted by Crippen LogP contribution is 2.25. The largest absolute Gasteiger partial charge is 0.379 e. The Balaban J connectivity index is 0.00000144. The zero-order valence-corrected chi connectivity index (χ0v) is 16.2. The smallest absolute Gasteiger partial charge is 0.221 e. The normalized spacial score (nSPS) is 22.2. The highest BCUT2D eigenvalue weighted by atomic mass is 35.5. The van der Waals surface area contributed by atoms with Crippen LogP contribution in [0.25, 0.3) is 0 Å². The van der Waals surface area contributed by atoms with Gasteiger partial charge in [0.1, 0.15) is 0 Å². The number of halogens is 2. The van der Waals surface area contributed by atoms with E-state index in [1.54, 1.807) is 11.3 Å². The second-order valence-electron chi connectivity index (χ2n) is 5.98. The number of carbonyl (C=O) groups is 1. The van der Waals surface area contributed by atoms with Crippen LogP contribution in [0.1, 0.15) is 30.2 Å². The van der Waals surface area contributed by atoms with Gasteiger partial charge in [0.05, 0.1) is 19.3 Å². The molecule has 8 heteroatoms. The van der Waals surface area contributed by atoms with Crippen molar-refractivity contribution in [3.8, 4) is 0 Å². The highest BCUT2D eigenvalue weighted by molar-refractivity contribution is 7.10. The van der Waals surface area contributed by atoms with Crippen LogP contribution in [-0.4, -0.2) is 56.2 Å². The van der Waals surface area contributed by atoms with Gasteiger partial charge in [-0.25, -0.2) is 0 Å². The van der Waals surface area contributed by atoms with Crippen molar-refractivity contribution >= 4 is 42.1 Å². The second-order valence-corrected chi connectivity index (χ2v) is 6.96. The molecule has 2 N–H and O–H groups in total. The number of ether oxygens (including phenoxy) is 1. The van der Waals surface area contributed by atoms with Crippen molar-refractivity contribution in [2.45, 2.75) is 31.3 Å². The van der Waals surface area contributed by atoms with Gasteiger partial charge >= 0.3 is 0 Å². The molecule has 2 atom stereocenters. The van der Waals surface area contributed by atoms with Crippen molar-refractivity contribution in [2.24, 2.45) is 0 Å². The van der Waals surface area contributed by atoms with Crippen molar-refractivity contribution in [1.29, 1.82) is 0 Å². The van der Waals surface area contributed by atoms with Gasteiger partial charge in [0.2, 0.25) is 5.91 Å². The Hall–Kier alpha value is -0.370. The quantitative estimate of drug-likeness (QED) is 0.775. The van der Waals surface area contributed by atoms with Crippen LogP contribution >= 0.6 is 36.2 Å². The Kier molecular flexibility index (Phi) is 10.2. The maximum Gasteiger partial charge on any atom is 0.221 e. The summed E-state index contributed by atoms with van der Waals surface area (Å²) in [6.07, 6.45) is 2.90. The van der Waals surface area contributed by atoms with Gasteiger partial charge in [-0.1, -0.05) is 6.07 Å². The Morgan fingerprint density at radius 3 is 2.83 bits per heavy atom. The summed E-state index contributed by atoms with van der Waals surface area (Å²) in [6, 6.07) is 4.88. The van der Waals surface area contributed by atoms with E-state index in [-0.39, 0.29) is 36.8 Å². The van der Waals surface area contributed by atoms with E-state index in [0.717, 1.165) is 39.3 Å². The molecule has 24 heavy (non-hydrogen) atoms. The van der Waals surface area contributed by atoms with E-state index in [1.165, 1.54) is 11.3 Å². The molecule has 1 amide bonds. The summed E-state index contributed by atoms with van der Waals surface area (Å²) in [5.41, 5.74) is 0. The van der Waals surface area contributed by atoms with E-state index in [4.69, 9.17) is 4.74 Å². The molecule has 2 aliphatic rings. The molecule has 2 aliphatic heterocycles. The summed E-state index contributed by atoms with van der Waals surface area (Å²) in [5.74, 6) is 0.161. The number of nitrogens with one attached hydrogen (secondary N) is 2. The van der Waals surface area contributed by atoms with E-state index in [0.29, 0.717) is 19.0 Å². The predicted molar refractivity (Wildman–Crippen MR) is 103 cm³/mol. The Morgan fingerprint density at radius 1 is 1.42 bits per heavy atom. The molecule has 2 unspecified atom stereocenters. The highest BCUT2D eigenvalue weighted by Gasteiger charge is 2.24. The SMILES string of the molecule is Cl.Cl.O=C(CC1CCCN1)NCC(c1cccs1)N1CCOCC1. The molecule has 0 spiro atoms. The molecule has 3 heterocycles. The molecular weight excluding hydrogens is 369 g/mol. The van der Waals surface area contributed by atoms with Crippen molar-refractivity contribution in [1.82, 2.24) is 15.5 Å². The maximum atomic E-state index is 12.2. The van der Waals surface area contributed by atoms with Crippen LogP contribution in [0.2, 0.25) is 0 Å². The Bertz CT molecular complexity index is 464. The molecule has 0 saturated carbocycles. The topological polar surface area (TPSA) is 53.6 Å². The lowest BCUT2D eigenvalue weighted by atomic mass is 10.1. The first-order valence-electron chi connectivity index (χ1n) is 8.18. The van der Waals surface area contributed by atoms with Gasteiger partial charge < -0.3 is 15.4 Å². The van der Waals surface area contributed by atoms with Crippen LogP contribution < -0.4 is 10.6 Å². The minimum absolute atomic E-state index is 0. The van der Waals surface area contributed by atoms with Crippen LogP contribution in [0.15, 0.2) is 17.5 Å². The number of amides is 1. The van der Waals surface area contributed by atoms with Gasteiger partial charge in [-0.3, -0.25) is 9.69 Å². The first-order chi connectivity index (χ1) is 10.8. The molecule has 1 aromatic heterocycles. The lowest BCUT2D eigenvalue weighted by Crippen LogP contribution is -2.44. The number of rotatable bonds is 6. The summed E-state index contributed by atoms with van der Waals surface area (Å²) in [6.45, 7) is 5.16. The Labute approximate surface area is 160 Å². The second kappa shape index (κ2) is 11.3. The zero-order chi connectivity index (χ0) is 15.2. The molecule has 138 valence electrons. The summed E-state index contributed by atoms with van der Waals surface area (Å²) in [4.78, 5) is 15.9. The molecule has 0 bridgehead atoms. The molecule has 2 saturated heterocycles. The minimum atomic E-state index is 0. The van der Waals surface area contributed by atoms with Gasteiger partial charge in [-0.05, 0) is 30.8 Å². The first-order valence-corrected chi connectivity index (χ1v) is 9.06. The number of hydrogen-bond donors (Lipinski definition) is 2. The lowest BCUT2D eigenvalue weighted by molar-refractivity contribution is -0.121. The fourth-order valence-electron chi connectivity index (χ4n) is 3.22. The zero-order valence-electron chi connectivity index (χ0n) is 13.7. The van der Waals surface area contributed by atoms with E-state index >= 15 is 0 Å². The average Bonchev–Trinajstić information content (AvgIpc) is 3.22. The molecule has 2 fully saturated rings. The van der Waals surface area contributed by atoms with E-state index in [9.17, 15) is 4.79 Å². The summed E-state index contributed by atoms with van der Waals surface area (Å²) < 4.78 is 5.45. The third-order valence-electron chi connectivity index (χ3n) is 4.44. The molecular formula is C16H27Cl2N3O2S. The predicted octanol–water partition coefficient (Wildman–Crippen LogP) is 2.22. The van der Waals surface area contributed by atoms with Gasteiger partial charge in [-0.15, -0.1) is 36.2 Å². The lowest BCUT2D eigenvalue weighted by Gasteiger charge is -2.34. The Morgan fingerprint density at radius 2 is 2.21 bits per heavy atom. The number of carbonyl (C=O) groups excluding carboxylic acids is 1. The van der Waals surface area contributed by atoms with Crippen LogP contribution in [0.5, 0.6) is 0 Å². The van der Waals surface area contributed by atoms with Crippen molar-refractivity contribution in [3.05, 3.63) is 22.4 Å². The van der Waals surface area contributed by atoms with Crippen LogP contribution in [-0.2, 0) is 9.53 Å². The van der Waals surface area contributed by atoms with Crippen LogP contribution in [0, 0.1) is 0 Å². The monoisotopic (exact) mass is 395 g/mol. The standard InChI is InChI=1S/C16H25N3O2S.2ClH/c20-16(11-13-3-1-5-17-13)18-12-14(15-4-2-10-22-15)19-6-8-21-9-7-19;;/h2,4,10,13-14,17H,1,3,5-9,11-12H2,(H,18,20);2*1H. The average molecular weight is 396 g/mol. The summed E-state index contributed by atoms with van der Waals surface area (Å²) in [7, 11) is 0. The number of thiophene rings is 1. The first kappa shape index (κ1) is 21.7. The van der Waals surface area contributed by atoms with E-state index in [1.807, 2.05) is 0 Å². The third-order valence-corrected chi connectivity index (χ3v) is 5.42. The molecule has 3 rings (SSSR count). The number of morpholine rings is 1. The van der Waals surface area contributed by atoms with Gasteiger partial charge in [-0.2, -0.15) is 0 Å². The minimum Gasteiger partial charge on any atom is -0.379 e. The summed E-state index contributed by atoms with van der Waals surface area (Å²) >= 11 is 1.76. The van der Waals surface area contributed by atoms with Crippen molar-refractivity contribution in [2.75, 3.05) is 39.4 Å². The van der Waals surface area contributed by atoms with Crippen LogP contribution in [0.3, 0.4) is 0 Å². The summed E-state index contributed by atoms with van der Waals surface area (Å²) in [5, 5.41) is 8.63. The molecule has 5 nitrogen and oxygen atoms in total. The number of nitrogens with zero attached hydrogens (tertiary/aromatic N) is 1. The maximum absolute atomic E-state index is 12.2. The van der Waals surface area contributed by atoms with Gasteiger partial charge in [0.25, 0.3) is 0 Å². The van der Waals surface area contributed by atoms with E-state index < -0.39 is 0 Å². The van der Waals surface area contributed by atoms with Crippen molar-refractivity contribution < 1.29 is 9.53 Å². The van der Waals surface area contributed by atoms with E-state index in [2.05, 4.69) is 33.0 Å². The van der Waals surface area contributed by atoms with Crippen LogP contribution in [0.4, 0.5) is 0 Å². The molecule has 0 aromatic carbocycles. The third kappa shape index (κ3) is 6.17. The van der Waals surface area contributed by atoms with Gasteiger partial charge in [0.15, 0.2) is 0 Å². The molecule has 0 aliphatic carbocycles. The fraction of sp³-hybridized carbons (Fsp3) is 0.688. The molecule has 0 radical (unpaired) electrons. The van der Waals surface area contributed by atoms with Crippen molar-refractivity contribution in [3.63, 3.8) is 0 Å².